The Morgan fingerprint density at radius 2 is 1.46 bits per heavy atom. The number of benzene rings is 4. The zero-order chi connectivity index (χ0) is 28.5. The van der Waals surface area contributed by atoms with Crippen molar-refractivity contribution < 1.29 is 9.59 Å². The second kappa shape index (κ2) is 10.9. The molecule has 1 N–H and O–H groups in total. The number of aryl methyl sites for hydroxylation is 3. The highest BCUT2D eigenvalue weighted by atomic mass is 16.2. The third-order valence-electron chi connectivity index (χ3n) is 7.96. The van der Waals surface area contributed by atoms with Gasteiger partial charge in [0.1, 0.15) is 5.69 Å². The molecular formula is C36H33N3O2. The molecule has 0 saturated carbocycles. The molecule has 2 heterocycles. The lowest BCUT2D eigenvalue weighted by Gasteiger charge is -2.23. The molecule has 1 aromatic heterocycles. The van der Waals surface area contributed by atoms with Crippen LogP contribution >= 0.6 is 0 Å². The fourth-order valence-corrected chi connectivity index (χ4v) is 5.65. The molecule has 41 heavy (non-hydrogen) atoms. The molecule has 1 aliphatic rings. The average Bonchev–Trinajstić information content (AvgIpc) is 3.30. The maximum absolute atomic E-state index is 14.1. The van der Waals surface area contributed by atoms with E-state index in [0.29, 0.717) is 30.9 Å². The summed E-state index contributed by atoms with van der Waals surface area (Å²) >= 11 is 0. The first-order valence-corrected chi connectivity index (χ1v) is 14.0. The highest BCUT2D eigenvalue weighted by Crippen LogP contribution is 2.32. The lowest BCUT2D eigenvalue weighted by Crippen LogP contribution is -2.30. The molecule has 0 unspecified atom stereocenters. The zero-order valence-electron chi connectivity index (χ0n) is 23.6. The van der Waals surface area contributed by atoms with Gasteiger partial charge in [-0.1, -0.05) is 78.4 Å². The number of hydrogen-bond acceptors (Lipinski definition) is 2. The first-order chi connectivity index (χ1) is 19.9. The highest BCUT2D eigenvalue weighted by Gasteiger charge is 2.27. The number of carbonyl (C=O) groups is 2. The molecule has 2 amide bonds. The normalized spacial score (nSPS) is 12.3. The number of carbonyl (C=O) groups excluding carboxylic acids is 2. The quantitative estimate of drug-likeness (QED) is 0.256. The van der Waals surface area contributed by atoms with E-state index in [2.05, 4.69) is 31.3 Å². The van der Waals surface area contributed by atoms with Crippen molar-refractivity contribution in [2.45, 2.75) is 40.4 Å². The van der Waals surface area contributed by atoms with Crippen LogP contribution in [-0.2, 0) is 19.6 Å². The summed E-state index contributed by atoms with van der Waals surface area (Å²) in [5.74, 6) is -0.187. The lowest BCUT2D eigenvalue weighted by atomic mass is 9.95. The van der Waals surface area contributed by atoms with Crippen molar-refractivity contribution in [1.82, 2.24) is 9.88 Å². The molecule has 0 fully saturated rings. The minimum absolute atomic E-state index is 0.0584. The molecule has 204 valence electrons. The van der Waals surface area contributed by atoms with E-state index < -0.39 is 0 Å². The first-order valence-electron chi connectivity index (χ1n) is 14.0. The fraction of sp³-hybridized carbons (Fsp3) is 0.167. The molecule has 0 radical (unpaired) electrons. The molecule has 0 saturated heterocycles. The maximum Gasteiger partial charge on any atom is 0.268 e. The average molecular weight is 540 g/mol. The van der Waals surface area contributed by atoms with Crippen LogP contribution in [0.4, 0.5) is 5.69 Å². The molecule has 4 aromatic carbocycles. The van der Waals surface area contributed by atoms with E-state index in [4.69, 9.17) is 0 Å². The van der Waals surface area contributed by atoms with E-state index in [1.165, 1.54) is 16.7 Å². The first kappa shape index (κ1) is 26.3. The Bertz CT molecular complexity index is 1760. The number of amides is 2. The summed E-state index contributed by atoms with van der Waals surface area (Å²) in [5.41, 5.74) is 10.8. The Morgan fingerprint density at radius 3 is 2.24 bits per heavy atom. The van der Waals surface area contributed by atoms with E-state index in [1.807, 2.05) is 107 Å². The smallest absolute Gasteiger partial charge is 0.268 e. The van der Waals surface area contributed by atoms with Gasteiger partial charge >= 0.3 is 0 Å². The Labute approximate surface area is 241 Å². The van der Waals surface area contributed by atoms with Gasteiger partial charge in [0.05, 0.1) is 13.1 Å². The van der Waals surface area contributed by atoms with Crippen LogP contribution in [0.5, 0.6) is 0 Å². The van der Waals surface area contributed by atoms with Crippen LogP contribution in [0.1, 0.15) is 54.4 Å². The number of rotatable bonds is 5. The van der Waals surface area contributed by atoms with Crippen LogP contribution in [0.3, 0.4) is 0 Å². The van der Waals surface area contributed by atoms with Gasteiger partial charge in [-0.25, -0.2) is 0 Å². The predicted octanol–water partition coefficient (Wildman–Crippen LogP) is 7.22. The van der Waals surface area contributed by atoms with Gasteiger partial charge in [0.15, 0.2) is 0 Å². The second-order valence-electron chi connectivity index (χ2n) is 10.8. The Hall–Kier alpha value is -4.90. The number of nitrogens with zero attached hydrogens (tertiary/aromatic N) is 2. The molecule has 5 heteroatoms. The third-order valence-corrected chi connectivity index (χ3v) is 7.96. The van der Waals surface area contributed by atoms with Crippen molar-refractivity contribution in [3.8, 4) is 11.1 Å². The van der Waals surface area contributed by atoms with E-state index >= 15 is 0 Å². The number of aromatic nitrogens is 1. The van der Waals surface area contributed by atoms with Crippen LogP contribution < -0.4 is 10.2 Å². The standard InChI is InChI=1S/C36H33N3O2/c1-24-12-14-27(15-13-24)21-37-35(40)34-19-17-30-23-39(33-11-7-5-9-29(33)22-38(30)34)36(41)28-16-18-32(26(3)20-28)31-10-6-4-8-25(31)2/h4-20H,21-23H2,1-3H3,(H,37,40). The zero-order valence-corrected chi connectivity index (χ0v) is 23.6. The maximum atomic E-state index is 14.1. The van der Waals surface area contributed by atoms with Gasteiger partial charge in [0.2, 0.25) is 0 Å². The monoisotopic (exact) mass is 539 g/mol. The number of anilines is 1. The van der Waals surface area contributed by atoms with Gasteiger partial charge in [-0.2, -0.15) is 0 Å². The Balaban J connectivity index is 1.29. The molecule has 5 aromatic rings. The molecule has 6 rings (SSSR count). The van der Waals surface area contributed by atoms with Crippen LogP contribution in [-0.4, -0.2) is 16.4 Å². The fourth-order valence-electron chi connectivity index (χ4n) is 5.65. The van der Waals surface area contributed by atoms with Crippen molar-refractivity contribution in [2.24, 2.45) is 0 Å². The SMILES string of the molecule is Cc1ccc(CNC(=O)c2ccc3n2Cc2ccccc2N(C(=O)c2ccc(-c4ccccc4C)c(C)c2)C3)cc1. The number of fused-ring (bicyclic) bond motifs is 2. The van der Waals surface area contributed by atoms with Crippen molar-refractivity contribution in [1.29, 1.82) is 0 Å². The summed E-state index contributed by atoms with van der Waals surface area (Å²) in [5, 5.41) is 3.06. The van der Waals surface area contributed by atoms with Crippen molar-refractivity contribution >= 4 is 17.5 Å². The predicted molar refractivity (Wildman–Crippen MR) is 164 cm³/mol. The molecular weight excluding hydrogens is 506 g/mol. The van der Waals surface area contributed by atoms with Gasteiger partial charge in [0, 0.05) is 23.5 Å². The number of nitrogens with one attached hydrogen (secondary N) is 1. The van der Waals surface area contributed by atoms with Gasteiger partial charge in [-0.3, -0.25) is 9.59 Å². The number of hydrogen-bond donors (Lipinski definition) is 1. The summed E-state index contributed by atoms with van der Waals surface area (Å²) in [6, 6.07) is 34.2. The molecule has 5 nitrogen and oxygen atoms in total. The van der Waals surface area contributed by atoms with E-state index in [0.717, 1.165) is 33.6 Å². The summed E-state index contributed by atoms with van der Waals surface area (Å²) < 4.78 is 2.03. The van der Waals surface area contributed by atoms with E-state index in [1.54, 1.807) is 0 Å². The van der Waals surface area contributed by atoms with Gasteiger partial charge in [-0.15, -0.1) is 0 Å². The molecule has 1 aliphatic heterocycles. The van der Waals surface area contributed by atoms with Crippen LogP contribution in [0.15, 0.2) is 103 Å². The highest BCUT2D eigenvalue weighted by molar-refractivity contribution is 6.07. The van der Waals surface area contributed by atoms with Gasteiger partial charge < -0.3 is 14.8 Å². The minimum atomic E-state index is -0.128. The number of para-hydroxylation sites is 1. The third kappa shape index (κ3) is 5.19. The van der Waals surface area contributed by atoms with Crippen molar-refractivity contribution in [3.05, 3.63) is 148 Å². The molecule has 0 spiro atoms. The summed E-state index contributed by atoms with van der Waals surface area (Å²) in [6.45, 7) is 7.56. The summed E-state index contributed by atoms with van der Waals surface area (Å²) in [7, 11) is 0. The summed E-state index contributed by atoms with van der Waals surface area (Å²) in [6.07, 6.45) is 0. The van der Waals surface area contributed by atoms with E-state index in [9.17, 15) is 9.59 Å². The van der Waals surface area contributed by atoms with Crippen molar-refractivity contribution in [2.75, 3.05) is 4.90 Å². The minimum Gasteiger partial charge on any atom is -0.347 e. The van der Waals surface area contributed by atoms with Crippen molar-refractivity contribution in [3.63, 3.8) is 0 Å². The summed E-state index contributed by atoms with van der Waals surface area (Å²) in [4.78, 5) is 29.2. The second-order valence-corrected chi connectivity index (χ2v) is 10.8. The molecule has 0 aliphatic carbocycles. The van der Waals surface area contributed by atoms with Crippen LogP contribution in [0, 0.1) is 20.8 Å². The lowest BCUT2D eigenvalue weighted by molar-refractivity contribution is 0.0941. The van der Waals surface area contributed by atoms with E-state index in [-0.39, 0.29) is 11.8 Å². The van der Waals surface area contributed by atoms with Crippen LogP contribution in [0.2, 0.25) is 0 Å². The van der Waals surface area contributed by atoms with Gasteiger partial charge in [-0.05, 0) is 84.5 Å². The van der Waals surface area contributed by atoms with Crippen LogP contribution in [0.25, 0.3) is 11.1 Å². The topological polar surface area (TPSA) is 54.3 Å². The molecule has 0 bridgehead atoms. The Kier molecular flexibility index (Phi) is 7.02. The Morgan fingerprint density at radius 1 is 0.732 bits per heavy atom. The van der Waals surface area contributed by atoms with Gasteiger partial charge in [0.25, 0.3) is 11.8 Å². The molecule has 0 atom stereocenters. The largest absolute Gasteiger partial charge is 0.347 e.